The molecule has 1 aromatic heterocycles. The van der Waals surface area contributed by atoms with Gasteiger partial charge in [-0.05, 0) is 37.1 Å². The number of thiazole rings is 1. The largest absolute Gasteiger partial charge is 0.451 e. The average molecular weight is 420 g/mol. The number of carbonyl (C=O) groups is 2. The van der Waals surface area contributed by atoms with E-state index in [1.54, 1.807) is 5.38 Å². The highest BCUT2D eigenvalue weighted by Gasteiger charge is 2.20. The van der Waals surface area contributed by atoms with Crippen molar-refractivity contribution >= 4 is 28.9 Å². The Morgan fingerprint density at radius 3 is 2.50 bits per heavy atom. The number of aryl methyl sites for hydroxylation is 2. The van der Waals surface area contributed by atoms with Crippen LogP contribution in [0.1, 0.15) is 28.0 Å². The number of esters is 1. The Morgan fingerprint density at radius 1 is 1.13 bits per heavy atom. The van der Waals surface area contributed by atoms with Crippen LogP contribution in [0.3, 0.4) is 0 Å². The fourth-order valence-corrected chi connectivity index (χ4v) is 3.82. The average Bonchev–Trinajstić information content (AvgIpc) is 3.23. The molecular formula is C23H21N3O3S. The number of carbonyl (C=O) groups excluding carboxylic acids is 2. The van der Waals surface area contributed by atoms with E-state index in [0.29, 0.717) is 10.7 Å². The molecule has 0 bridgehead atoms. The summed E-state index contributed by atoms with van der Waals surface area (Å²) >= 11 is 1.34. The maximum absolute atomic E-state index is 12.8. The van der Waals surface area contributed by atoms with Gasteiger partial charge in [-0.2, -0.15) is 5.26 Å². The van der Waals surface area contributed by atoms with E-state index in [0.717, 1.165) is 16.7 Å². The Morgan fingerprint density at radius 2 is 1.83 bits per heavy atom. The van der Waals surface area contributed by atoms with E-state index in [-0.39, 0.29) is 24.6 Å². The fraction of sp³-hybridized carbons (Fsp3) is 0.217. The van der Waals surface area contributed by atoms with Crippen LogP contribution in [0.5, 0.6) is 0 Å². The molecular weight excluding hydrogens is 398 g/mol. The molecule has 3 rings (SSSR count). The number of anilines is 1. The van der Waals surface area contributed by atoms with E-state index < -0.39 is 12.6 Å². The Labute approximate surface area is 179 Å². The van der Waals surface area contributed by atoms with Crippen molar-refractivity contribution in [3.05, 3.63) is 70.7 Å². The number of amides is 1. The Hall–Kier alpha value is -3.50. The summed E-state index contributed by atoms with van der Waals surface area (Å²) in [6.07, 6.45) is 0.180. The van der Waals surface area contributed by atoms with E-state index in [4.69, 9.17) is 10.00 Å². The van der Waals surface area contributed by atoms with Gasteiger partial charge in [0.15, 0.2) is 12.3 Å². The van der Waals surface area contributed by atoms with Crippen molar-refractivity contribution in [1.29, 1.82) is 5.26 Å². The molecule has 6 nitrogen and oxygen atoms in total. The van der Waals surface area contributed by atoms with Crippen LogP contribution in [0.25, 0.3) is 10.6 Å². The van der Waals surface area contributed by atoms with Crippen LogP contribution >= 0.6 is 11.3 Å². The van der Waals surface area contributed by atoms with Gasteiger partial charge >= 0.3 is 5.97 Å². The first-order valence-electron chi connectivity index (χ1n) is 9.41. The highest BCUT2D eigenvalue weighted by molar-refractivity contribution is 7.13. The van der Waals surface area contributed by atoms with E-state index in [1.165, 1.54) is 16.2 Å². The highest BCUT2D eigenvalue weighted by Crippen LogP contribution is 2.24. The Kier molecular flexibility index (Phi) is 6.94. The summed E-state index contributed by atoms with van der Waals surface area (Å²) < 4.78 is 5.21. The topological polar surface area (TPSA) is 83.3 Å². The smallest absolute Gasteiger partial charge is 0.358 e. The number of rotatable bonds is 7. The summed E-state index contributed by atoms with van der Waals surface area (Å²) in [5.41, 5.74) is 3.78. The third kappa shape index (κ3) is 5.31. The van der Waals surface area contributed by atoms with Crippen molar-refractivity contribution in [2.24, 2.45) is 0 Å². The van der Waals surface area contributed by atoms with Crippen molar-refractivity contribution in [3.8, 4) is 16.6 Å². The second kappa shape index (κ2) is 9.81. The summed E-state index contributed by atoms with van der Waals surface area (Å²) in [5, 5.41) is 11.3. The molecule has 0 saturated carbocycles. The Bertz CT molecular complexity index is 1070. The number of nitriles is 1. The molecule has 0 aliphatic carbocycles. The first-order chi connectivity index (χ1) is 14.5. The maximum atomic E-state index is 12.8. The van der Waals surface area contributed by atoms with Gasteiger partial charge in [-0.15, -0.1) is 11.3 Å². The van der Waals surface area contributed by atoms with Crippen LogP contribution in [0.15, 0.2) is 53.9 Å². The standard InChI is InChI=1S/C23H21N3O3S/c1-16-11-17(2)13-19(12-16)26(10-6-9-24)21(27)14-29-23(28)20-15-30-22(25-20)18-7-4-3-5-8-18/h3-5,7-8,11-13,15H,6,10,14H2,1-2H3. The minimum Gasteiger partial charge on any atom is -0.451 e. The van der Waals surface area contributed by atoms with Crippen LogP contribution in [-0.4, -0.2) is 30.0 Å². The van der Waals surface area contributed by atoms with Crippen LogP contribution in [0.4, 0.5) is 5.69 Å². The van der Waals surface area contributed by atoms with Gasteiger partial charge in [0, 0.05) is 23.2 Å². The lowest BCUT2D eigenvalue weighted by atomic mass is 10.1. The van der Waals surface area contributed by atoms with Crippen molar-refractivity contribution < 1.29 is 14.3 Å². The lowest BCUT2D eigenvalue weighted by Crippen LogP contribution is -2.35. The number of ether oxygens (including phenoxy) is 1. The third-order valence-corrected chi connectivity index (χ3v) is 5.22. The van der Waals surface area contributed by atoms with Gasteiger partial charge in [0.1, 0.15) is 5.01 Å². The van der Waals surface area contributed by atoms with E-state index in [1.807, 2.05) is 62.4 Å². The van der Waals surface area contributed by atoms with Gasteiger partial charge in [-0.3, -0.25) is 4.79 Å². The van der Waals surface area contributed by atoms with E-state index >= 15 is 0 Å². The summed E-state index contributed by atoms with van der Waals surface area (Å²) in [4.78, 5) is 30.9. The zero-order valence-corrected chi connectivity index (χ0v) is 17.6. The molecule has 0 saturated heterocycles. The van der Waals surface area contributed by atoms with Crippen LogP contribution in [0, 0.1) is 25.2 Å². The number of hydrogen-bond donors (Lipinski definition) is 0. The van der Waals surface area contributed by atoms with Gasteiger partial charge in [0.05, 0.1) is 12.5 Å². The molecule has 7 heteroatoms. The molecule has 152 valence electrons. The van der Waals surface area contributed by atoms with Gasteiger partial charge in [0.2, 0.25) is 0 Å². The maximum Gasteiger partial charge on any atom is 0.358 e. The summed E-state index contributed by atoms with van der Waals surface area (Å²) in [5.74, 6) is -1.04. The second-order valence-electron chi connectivity index (χ2n) is 6.78. The molecule has 0 aliphatic heterocycles. The zero-order valence-electron chi connectivity index (χ0n) is 16.8. The summed E-state index contributed by atoms with van der Waals surface area (Å²) in [7, 11) is 0. The van der Waals surface area contributed by atoms with E-state index in [2.05, 4.69) is 11.1 Å². The molecule has 1 heterocycles. The molecule has 2 aromatic carbocycles. The predicted octanol–water partition coefficient (Wildman–Crippen LogP) is 4.53. The fourth-order valence-electron chi connectivity index (χ4n) is 3.03. The minimum absolute atomic E-state index is 0.168. The molecule has 0 unspecified atom stereocenters. The molecule has 0 spiro atoms. The van der Waals surface area contributed by atoms with Crippen molar-refractivity contribution in [1.82, 2.24) is 4.98 Å². The number of nitrogens with zero attached hydrogens (tertiary/aromatic N) is 3. The first kappa shape index (κ1) is 21.2. The molecule has 3 aromatic rings. The summed E-state index contributed by atoms with van der Waals surface area (Å²) in [6.45, 7) is 3.69. The summed E-state index contributed by atoms with van der Waals surface area (Å²) in [6, 6.07) is 17.3. The van der Waals surface area contributed by atoms with Gasteiger partial charge in [-0.25, -0.2) is 9.78 Å². The molecule has 0 radical (unpaired) electrons. The second-order valence-corrected chi connectivity index (χ2v) is 7.64. The SMILES string of the molecule is Cc1cc(C)cc(N(CCC#N)C(=O)COC(=O)c2csc(-c3ccccc3)n2)c1. The highest BCUT2D eigenvalue weighted by atomic mass is 32.1. The first-order valence-corrected chi connectivity index (χ1v) is 10.3. The van der Waals surface area contributed by atoms with Crippen molar-refractivity contribution in [2.45, 2.75) is 20.3 Å². The zero-order chi connectivity index (χ0) is 21.5. The Balaban J connectivity index is 1.68. The lowest BCUT2D eigenvalue weighted by Gasteiger charge is -2.22. The minimum atomic E-state index is -0.651. The number of aromatic nitrogens is 1. The van der Waals surface area contributed by atoms with E-state index in [9.17, 15) is 9.59 Å². The quantitative estimate of drug-likeness (QED) is 0.526. The predicted molar refractivity (Wildman–Crippen MR) is 116 cm³/mol. The molecule has 30 heavy (non-hydrogen) atoms. The van der Waals surface area contributed by atoms with Crippen molar-refractivity contribution in [2.75, 3.05) is 18.1 Å². The normalized spacial score (nSPS) is 10.3. The molecule has 1 amide bonds. The van der Waals surface area contributed by atoms with Gasteiger partial charge < -0.3 is 9.64 Å². The molecule has 0 aliphatic rings. The van der Waals surface area contributed by atoms with Crippen LogP contribution in [-0.2, 0) is 9.53 Å². The monoisotopic (exact) mass is 419 g/mol. The lowest BCUT2D eigenvalue weighted by molar-refractivity contribution is -0.121. The number of hydrogen-bond acceptors (Lipinski definition) is 6. The van der Waals surface area contributed by atoms with Crippen LogP contribution in [0.2, 0.25) is 0 Å². The molecule has 0 fully saturated rings. The van der Waals surface area contributed by atoms with Crippen LogP contribution < -0.4 is 4.90 Å². The van der Waals surface area contributed by atoms with Gasteiger partial charge in [-0.1, -0.05) is 36.4 Å². The van der Waals surface area contributed by atoms with Gasteiger partial charge in [0.25, 0.3) is 5.91 Å². The van der Waals surface area contributed by atoms with Crippen molar-refractivity contribution in [3.63, 3.8) is 0 Å². The third-order valence-electron chi connectivity index (χ3n) is 4.33. The molecule has 0 N–H and O–H groups in total. The molecule has 0 atom stereocenters. The number of benzene rings is 2.